The molecule has 0 unspecified atom stereocenters. The third-order valence-electron chi connectivity index (χ3n) is 3.03. The first kappa shape index (κ1) is 13.9. The van der Waals surface area contributed by atoms with Crippen molar-refractivity contribution in [1.29, 1.82) is 0 Å². The fraction of sp³-hybridized carbons (Fsp3) is 0.533. The number of rotatable bonds is 5. The second-order valence-corrected chi connectivity index (χ2v) is 5.98. The summed E-state index contributed by atoms with van der Waals surface area (Å²) in [5, 5.41) is 3.48. The van der Waals surface area contributed by atoms with Crippen molar-refractivity contribution in [2.24, 2.45) is 0 Å². The Kier molecular flexibility index (Phi) is 4.10. The van der Waals surface area contributed by atoms with E-state index in [1.807, 2.05) is 18.2 Å². The Morgan fingerprint density at radius 3 is 2.79 bits per heavy atom. The van der Waals surface area contributed by atoms with Gasteiger partial charge in [0.2, 0.25) is 0 Å². The summed E-state index contributed by atoms with van der Waals surface area (Å²) in [7, 11) is 0. The smallest absolute Gasteiger partial charge is 0.408 e. The van der Waals surface area contributed by atoms with Gasteiger partial charge in [-0.3, -0.25) is 4.98 Å². The molecule has 0 aliphatic heterocycles. The summed E-state index contributed by atoms with van der Waals surface area (Å²) in [5.74, 6) is -0.387. The Labute approximate surface area is 113 Å². The largest absolute Gasteiger partial charge is 0.417 e. The molecule has 0 atom stereocenters. The zero-order valence-electron chi connectivity index (χ0n) is 11.9. The number of hydrogen-bond donors (Lipinski definition) is 2. The molecule has 19 heavy (non-hydrogen) atoms. The summed E-state index contributed by atoms with van der Waals surface area (Å²) in [6.45, 7) is 7.57. The Morgan fingerprint density at radius 1 is 1.26 bits per heavy atom. The van der Waals surface area contributed by atoms with Gasteiger partial charge in [0.25, 0.3) is 0 Å². The highest BCUT2D eigenvalue weighted by molar-refractivity contribution is 5.72. The van der Waals surface area contributed by atoms with E-state index < -0.39 is 0 Å². The van der Waals surface area contributed by atoms with Crippen molar-refractivity contribution in [2.45, 2.75) is 45.6 Å². The van der Waals surface area contributed by atoms with Crippen LogP contribution in [-0.4, -0.2) is 17.1 Å². The minimum Gasteiger partial charge on any atom is -0.408 e. The lowest BCUT2D eigenvalue weighted by atomic mass is 10.1. The van der Waals surface area contributed by atoms with Gasteiger partial charge in [0.15, 0.2) is 5.58 Å². The van der Waals surface area contributed by atoms with Crippen LogP contribution in [-0.2, 0) is 6.42 Å². The lowest BCUT2D eigenvalue weighted by Gasteiger charge is -2.20. The molecule has 0 saturated carbocycles. The highest BCUT2D eigenvalue weighted by Crippen LogP contribution is 2.14. The number of unbranched alkanes of at least 4 members (excludes halogenated alkanes) is 1. The SMILES string of the molecule is CC(C)(C)NCCCCc1ccc2oc(=O)[nH]c2c1. The molecular formula is C15H22N2O2. The van der Waals surface area contributed by atoms with Crippen LogP contribution in [0.4, 0.5) is 0 Å². The average molecular weight is 262 g/mol. The predicted molar refractivity (Wildman–Crippen MR) is 77.5 cm³/mol. The number of aromatic amines is 1. The zero-order chi connectivity index (χ0) is 13.9. The molecule has 0 bridgehead atoms. The van der Waals surface area contributed by atoms with Crippen molar-refractivity contribution in [3.8, 4) is 0 Å². The molecule has 1 aromatic heterocycles. The average Bonchev–Trinajstić information content (AvgIpc) is 2.66. The number of aryl methyl sites for hydroxylation is 1. The van der Waals surface area contributed by atoms with Gasteiger partial charge in [0.1, 0.15) is 0 Å². The lowest BCUT2D eigenvalue weighted by Crippen LogP contribution is -2.36. The van der Waals surface area contributed by atoms with Crippen LogP contribution in [0.5, 0.6) is 0 Å². The summed E-state index contributed by atoms with van der Waals surface area (Å²) in [6, 6.07) is 5.88. The molecule has 2 rings (SSSR count). The third-order valence-corrected chi connectivity index (χ3v) is 3.03. The van der Waals surface area contributed by atoms with Crippen molar-refractivity contribution in [3.05, 3.63) is 34.3 Å². The van der Waals surface area contributed by atoms with Crippen molar-refractivity contribution in [3.63, 3.8) is 0 Å². The van der Waals surface area contributed by atoms with E-state index in [1.54, 1.807) is 0 Å². The topological polar surface area (TPSA) is 58.0 Å². The maximum atomic E-state index is 11.1. The van der Waals surface area contributed by atoms with Gasteiger partial charge < -0.3 is 9.73 Å². The van der Waals surface area contributed by atoms with E-state index in [2.05, 4.69) is 31.1 Å². The van der Waals surface area contributed by atoms with Crippen molar-refractivity contribution in [1.82, 2.24) is 10.3 Å². The molecule has 0 aliphatic carbocycles. The van der Waals surface area contributed by atoms with Crippen LogP contribution in [0.15, 0.2) is 27.4 Å². The van der Waals surface area contributed by atoms with E-state index in [0.717, 1.165) is 31.3 Å². The molecule has 0 radical (unpaired) electrons. The minimum absolute atomic E-state index is 0.190. The fourth-order valence-electron chi connectivity index (χ4n) is 2.07. The molecule has 2 N–H and O–H groups in total. The molecule has 4 heteroatoms. The van der Waals surface area contributed by atoms with Gasteiger partial charge in [-0.2, -0.15) is 0 Å². The van der Waals surface area contributed by atoms with Crippen LogP contribution in [0.1, 0.15) is 39.2 Å². The number of aromatic nitrogens is 1. The molecule has 104 valence electrons. The van der Waals surface area contributed by atoms with Crippen LogP contribution in [0, 0.1) is 0 Å². The molecule has 4 nitrogen and oxygen atoms in total. The number of fused-ring (bicyclic) bond motifs is 1. The first-order chi connectivity index (χ1) is 8.94. The van der Waals surface area contributed by atoms with Gasteiger partial charge in [-0.05, 0) is 64.3 Å². The fourth-order valence-corrected chi connectivity index (χ4v) is 2.07. The number of nitrogens with one attached hydrogen (secondary N) is 2. The Hall–Kier alpha value is -1.55. The standard InChI is InChI=1S/C15H22N2O2/c1-15(2,3)16-9-5-4-6-11-7-8-13-12(10-11)17-14(18)19-13/h7-8,10,16H,4-6,9H2,1-3H3,(H,17,18). The van der Waals surface area contributed by atoms with Crippen molar-refractivity contribution in [2.75, 3.05) is 6.54 Å². The first-order valence-corrected chi connectivity index (χ1v) is 6.81. The highest BCUT2D eigenvalue weighted by atomic mass is 16.4. The van der Waals surface area contributed by atoms with E-state index in [9.17, 15) is 4.79 Å². The molecule has 0 saturated heterocycles. The van der Waals surface area contributed by atoms with Crippen LogP contribution < -0.4 is 11.1 Å². The Bertz CT molecular complexity index is 590. The Morgan fingerprint density at radius 2 is 2.05 bits per heavy atom. The molecular weight excluding hydrogens is 240 g/mol. The van der Waals surface area contributed by atoms with Gasteiger partial charge in [-0.25, -0.2) is 4.79 Å². The van der Waals surface area contributed by atoms with Crippen molar-refractivity contribution >= 4 is 11.1 Å². The maximum absolute atomic E-state index is 11.1. The predicted octanol–water partition coefficient (Wildman–Crippen LogP) is 2.83. The summed E-state index contributed by atoms with van der Waals surface area (Å²) in [4.78, 5) is 13.7. The van der Waals surface area contributed by atoms with Gasteiger partial charge >= 0.3 is 5.76 Å². The van der Waals surface area contributed by atoms with E-state index in [4.69, 9.17) is 4.42 Å². The van der Waals surface area contributed by atoms with Crippen molar-refractivity contribution < 1.29 is 4.42 Å². The minimum atomic E-state index is -0.387. The summed E-state index contributed by atoms with van der Waals surface area (Å²) < 4.78 is 4.98. The number of oxazole rings is 1. The van der Waals surface area contributed by atoms with Gasteiger partial charge in [-0.1, -0.05) is 6.07 Å². The molecule has 0 aliphatic rings. The second kappa shape index (κ2) is 5.61. The Balaban J connectivity index is 1.83. The van der Waals surface area contributed by atoms with Gasteiger partial charge in [0, 0.05) is 5.54 Å². The van der Waals surface area contributed by atoms with Crippen LogP contribution in [0.3, 0.4) is 0 Å². The second-order valence-electron chi connectivity index (χ2n) is 5.98. The monoisotopic (exact) mass is 262 g/mol. The quantitative estimate of drug-likeness (QED) is 0.815. The van der Waals surface area contributed by atoms with E-state index in [0.29, 0.717) is 5.58 Å². The number of hydrogen-bond acceptors (Lipinski definition) is 3. The van der Waals surface area contributed by atoms with E-state index >= 15 is 0 Å². The molecule has 2 aromatic rings. The zero-order valence-corrected chi connectivity index (χ0v) is 11.9. The molecule has 1 aromatic carbocycles. The number of H-pyrrole nitrogens is 1. The van der Waals surface area contributed by atoms with E-state index in [-0.39, 0.29) is 11.3 Å². The molecule has 0 fully saturated rings. The first-order valence-electron chi connectivity index (χ1n) is 6.81. The van der Waals surface area contributed by atoms with Crippen LogP contribution >= 0.6 is 0 Å². The van der Waals surface area contributed by atoms with Gasteiger partial charge in [-0.15, -0.1) is 0 Å². The molecule has 0 spiro atoms. The third kappa shape index (κ3) is 4.24. The van der Waals surface area contributed by atoms with Crippen LogP contribution in [0.2, 0.25) is 0 Å². The summed E-state index contributed by atoms with van der Waals surface area (Å²) >= 11 is 0. The van der Waals surface area contributed by atoms with E-state index in [1.165, 1.54) is 5.56 Å². The lowest BCUT2D eigenvalue weighted by molar-refractivity contribution is 0.419. The highest BCUT2D eigenvalue weighted by Gasteiger charge is 2.07. The molecule has 0 amide bonds. The summed E-state index contributed by atoms with van der Waals surface area (Å²) in [5.41, 5.74) is 2.84. The normalized spacial score (nSPS) is 12.2. The van der Waals surface area contributed by atoms with Gasteiger partial charge in [0.05, 0.1) is 5.52 Å². The van der Waals surface area contributed by atoms with Crippen LogP contribution in [0.25, 0.3) is 11.1 Å². The maximum Gasteiger partial charge on any atom is 0.417 e. The number of benzene rings is 1. The summed E-state index contributed by atoms with van der Waals surface area (Å²) in [6.07, 6.45) is 3.31. The molecule has 1 heterocycles.